The van der Waals surface area contributed by atoms with E-state index in [1.807, 2.05) is 25.1 Å². The van der Waals surface area contributed by atoms with Crippen LogP contribution in [0.4, 0.5) is 13.2 Å². The van der Waals surface area contributed by atoms with Gasteiger partial charge in [-0.2, -0.15) is 4.98 Å². The number of aliphatic hydroxyl groups excluding tert-OH is 1. The summed E-state index contributed by atoms with van der Waals surface area (Å²) in [5.41, 5.74) is 1.43. The number of piperazine rings is 1. The highest BCUT2D eigenvalue weighted by Crippen LogP contribution is 2.27. The van der Waals surface area contributed by atoms with Crippen LogP contribution < -0.4 is 9.47 Å². The highest BCUT2D eigenvalue weighted by atomic mass is 32.1. The predicted molar refractivity (Wildman–Crippen MR) is 134 cm³/mol. The summed E-state index contributed by atoms with van der Waals surface area (Å²) >= 11 is 1.64. The number of benzene rings is 2. The Morgan fingerprint density at radius 2 is 1.74 bits per heavy atom. The zero-order valence-corrected chi connectivity index (χ0v) is 21.3. The summed E-state index contributed by atoms with van der Waals surface area (Å²) in [7, 11) is 0. The van der Waals surface area contributed by atoms with Crippen LogP contribution in [-0.4, -0.2) is 81.8 Å². The first-order valence-corrected chi connectivity index (χ1v) is 12.8. The van der Waals surface area contributed by atoms with Crippen LogP contribution in [0.2, 0.25) is 0 Å². The summed E-state index contributed by atoms with van der Waals surface area (Å²) in [4.78, 5) is 13.2. The third-order valence-corrected chi connectivity index (χ3v) is 6.97. The molecule has 9 nitrogen and oxygen atoms in total. The number of fused-ring (bicyclic) bond motifs is 1. The average Bonchev–Trinajstić information content (AvgIpc) is 3.48. The Kier molecular flexibility index (Phi) is 7.79. The number of halogens is 3. The van der Waals surface area contributed by atoms with Gasteiger partial charge in [-0.3, -0.25) is 9.80 Å². The third-order valence-electron chi connectivity index (χ3n) is 6.02. The zero-order chi connectivity index (χ0) is 26.7. The maximum atomic E-state index is 12.3. The minimum absolute atomic E-state index is 0.197. The fourth-order valence-electron chi connectivity index (χ4n) is 4.22. The number of β-amino-alcohol motifs (C(OH)–C–C–N with tert-alkyl or cyclic N) is 1. The zero-order valence-electron chi connectivity index (χ0n) is 20.5. The first-order valence-electron chi connectivity index (χ1n) is 12.0. The second-order valence-electron chi connectivity index (χ2n) is 8.99. The molecule has 38 heavy (non-hydrogen) atoms. The molecule has 0 radical (unpaired) electrons. The Morgan fingerprint density at radius 3 is 2.47 bits per heavy atom. The van der Waals surface area contributed by atoms with E-state index in [1.165, 1.54) is 24.3 Å². The van der Waals surface area contributed by atoms with Gasteiger partial charge in [-0.15, -0.1) is 24.5 Å². The minimum atomic E-state index is -4.74. The van der Waals surface area contributed by atoms with Gasteiger partial charge >= 0.3 is 6.36 Å². The van der Waals surface area contributed by atoms with Crippen molar-refractivity contribution in [3.05, 3.63) is 53.4 Å². The fourth-order valence-corrected chi connectivity index (χ4v) is 5.03. The summed E-state index contributed by atoms with van der Waals surface area (Å²) < 4.78 is 53.1. The molecule has 2 aromatic heterocycles. The van der Waals surface area contributed by atoms with Crippen molar-refractivity contribution in [3.63, 3.8) is 0 Å². The van der Waals surface area contributed by atoms with Gasteiger partial charge in [0.2, 0.25) is 11.7 Å². The van der Waals surface area contributed by atoms with Gasteiger partial charge in [0.15, 0.2) is 0 Å². The molecule has 0 bridgehead atoms. The number of nitrogens with zero attached hydrogens (tertiary/aromatic N) is 5. The number of hydrogen-bond acceptors (Lipinski definition) is 10. The first-order chi connectivity index (χ1) is 18.2. The molecule has 0 unspecified atom stereocenters. The quantitative estimate of drug-likeness (QED) is 0.331. The lowest BCUT2D eigenvalue weighted by Gasteiger charge is -2.34. The minimum Gasteiger partial charge on any atom is -0.491 e. The van der Waals surface area contributed by atoms with Crippen LogP contribution in [0.15, 0.2) is 47.0 Å². The van der Waals surface area contributed by atoms with Crippen molar-refractivity contribution in [2.45, 2.75) is 25.9 Å². The molecule has 0 saturated carbocycles. The Bertz CT molecular complexity index is 1350. The molecule has 202 valence electrons. The van der Waals surface area contributed by atoms with Crippen LogP contribution in [0.1, 0.15) is 10.9 Å². The lowest BCUT2D eigenvalue weighted by molar-refractivity contribution is -0.274. The van der Waals surface area contributed by atoms with Gasteiger partial charge in [0, 0.05) is 44.4 Å². The van der Waals surface area contributed by atoms with E-state index in [2.05, 4.69) is 29.7 Å². The lowest BCUT2D eigenvalue weighted by atomic mass is 10.2. The first kappa shape index (κ1) is 26.4. The second kappa shape index (κ2) is 11.2. The molecular formula is C25H26F3N5O4S. The Balaban J connectivity index is 1.05. The van der Waals surface area contributed by atoms with E-state index in [-0.39, 0.29) is 12.4 Å². The highest BCUT2D eigenvalue weighted by Gasteiger charge is 2.31. The molecule has 13 heteroatoms. The van der Waals surface area contributed by atoms with Gasteiger partial charge in [0.05, 0.1) is 21.8 Å². The summed E-state index contributed by atoms with van der Waals surface area (Å²) in [6.45, 7) is 6.18. The number of ether oxygens (including phenoxy) is 2. The maximum absolute atomic E-state index is 12.3. The van der Waals surface area contributed by atoms with Crippen molar-refractivity contribution < 1.29 is 32.3 Å². The van der Waals surface area contributed by atoms with Crippen molar-refractivity contribution in [2.24, 2.45) is 0 Å². The monoisotopic (exact) mass is 549 g/mol. The van der Waals surface area contributed by atoms with Crippen LogP contribution >= 0.6 is 11.3 Å². The standard InChI is InChI=1S/C25H26F3N5O4S/c1-16-29-21-12-20(6-7-22(21)38-16)35-15-18(34)13-32-8-10-33(11-9-32)14-23-30-24(31-37-23)17-2-4-19(5-3-17)36-25(26,27)28/h2-7,12,18,34H,8-11,13-15H2,1H3/t18-/m1/s1. The van der Waals surface area contributed by atoms with Gasteiger partial charge in [0.1, 0.15) is 24.2 Å². The lowest BCUT2D eigenvalue weighted by Crippen LogP contribution is -2.48. The van der Waals surface area contributed by atoms with E-state index in [0.717, 1.165) is 41.4 Å². The average molecular weight is 550 g/mol. The molecule has 1 saturated heterocycles. The largest absolute Gasteiger partial charge is 0.573 e. The molecule has 1 aliphatic rings. The number of aliphatic hydroxyl groups is 1. The van der Waals surface area contributed by atoms with Crippen LogP contribution in [0.3, 0.4) is 0 Å². The van der Waals surface area contributed by atoms with Crippen LogP contribution in [0, 0.1) is 6.92 Å². The highest BCUT2D eigenvalue weighted by molar-refractivity contribution is 7.18. The number of rotatable bonds is 9. The van der Waals surface area contributed by atoms with E-state index in [4.69, 9.17) is 9.26 Å². The molecule has 5 rings (SSSR count). The Labute approximate surface area is 220 Å². The summed E-state index contributed by atoms with van der Waals surface area (Å²) in [6.07, 6.45) is -5.37. The molecule has 1 atom stereocenters. The van der Waals surface area contributed by atoms with E-state index >= 15 is 0 Å². The van der Waals surface area contributed by atoms with Crippen molar-refractivity contribution in [1.29, 1.82) is 0 Å². The maximum Gasteiger partial charge on any atom is 0.573 e. The van der Waals surface area contributed by atoms with Gasteiger partial charge < -0.3 is 19.1 Å². The molecule has 2 aromatic carbocycles. The van der Waals surface area contributed by atoms with E-state index in [9.17, 15) is 18.3 Å². The molecule has 0 aliphatic carbocycles. The molecule has 3 heterocycles. The van der Waals surface area contributed by atoms with E-state index in [0.29, 0.717) is 36.1 Å². The second-order valence-corrected chi connectivity index (χ2v) is 10.2. The summed E-state index contributed by atoms with van der Waals surface area (Å²) in [5, 5.41) is 15.4. The van der Waals surface area contributed by atoms with Crippen LogP contribution in [0.5, 0.6) is 11.5 Å². The summed E-state index contributed by atoms with van der Waals surface area (Å²) in [5.74, 6) is 1.09. The Hall–Kier alpha value is -3.26. The van der Waals surface area contributed by atoms with Crippen LogP contribution in [-0.2, 0) is 6.54 Å². The van der Waals surface area contributed by atoms with E-state index < -0.39 is 12.5 Å². The summed E-state index contributed by atoms with van der Waals surface area (Å²) in [6, 6.07) is 11.1. The number of thiazole rings is 1. The van der Waals surface area contributed by atoms with E-state index in [1.54, 1.807) is 11.3 Å². The van der Waals surface area contributed by atoms with Crippen LogP contribution in [0.25, 0.3) is 21.6 Å². The third kappa shape index (κ3) is 6.98. The normalized spacial score (nSPS) is 16.1. The van der Waals surface area contributed by atoms with Crippen molar-refractivity contribution in [3.8, 4) is 22.9 Å². The molecule has 0 amide bonds. The molecule has 1 aliphatic heterocycles. The van der Waals surface area contributed by atoms with Gasteiger partial charge in [-0.25, -0.2) is 4.98 Å². The molecular weight excluding hydrogens is 523 g/mol. The van der Waals surface area contributed by atoms with Gasteiger partial charge in [-0.1, -0.05) is 5.16 Å². The number of aryl methyl sites for hydroxylation is 1. The number of aromatic nitrogens is 3. The van der Waals surface area contributed by atoms with Gasteiger partial charge in [0.25, 0.3) is 0 Å². The smallest absolute Gasteiger partial charge is 0.491 e. The van der Waals surface area contributed by atoms with Crippen molar-refractivity contribution in [1.82, 2.24) is 24.9 Å². The molecule has 1 fully saturated rings. The number of hydrogen-bond donors (Lipinski definition) is 1. The molecule has 0 spiro atoms. The number of alkyl halides is 3. The topological polar surface area (TPSA) is 97.0 Å². The molecule has 1 N–H and O–H groups in total. The predicted octanol–water partition coefficient (Wildman–Crippen LogP) is 4.11. The van der Waals surface area contributed by atoms with Gasteiger partial charge in [-0.05, 0) is 43.3 Å². The van der Waals surface area contributed by atoms with Crippen molar-refractivity contribution in [2.75, 3.05) is 39.3 Å². The molecule has 4 aromatic rings. The van der Waals surface area contributed by atoms with Crippen molar-refractivity contribution >= 4 is 21.6 Å². The SMILES string of the molecule is Cc1nc2cc(OC[C@H](O)CN3CCN(Cc4nc(-c5ccc(OC(F)(F)F)cc5)no4)CC3)ccc2s1. The fraction of sp³-hybridized carbons (Fsp3) is 0.400. The Morgan fingerprint density at radius 1 is 1.03 bits per heavy atom.